The summed E-state index contributed by atoms with van der Waals surface area (Å²) in [4.78, 5) is 29.1. The van der Waals surface area contributed by atoms with Gasteiger partial charge >= 0.3 is 6.03 Å². The number of piperidine rings is 2. The van der Waals surface area contributed by atoms with Crippen molar-refractivity contribution < 1.29 is 9.59 Å². The lowest BCUT2D eigenvalue weighted by atomic mass is 9.87. The van der Waals surface area contributed by atoms with E-state index in [0.717, 1.165) is 64.8 Å². The van der Waals surface area contributed by atoms with Crippen molar-refractivity contribution in [3.63, 3.8) is 0 Å². The van der Waals surface area contributed by atoms with Crippen LogP contribution in [0.3, 0.4) is 0 Å². The lowest BCUT2D eigenvalue weighted by Gasteiger charge is -2.37. The maximum absolute atomic E-state index is 12.9. The van der Waals surface area contributed by atoms with Crippen molar-refractivity contribution in [2.24, 2.45) is 0 Å². The number of carbonyl (C=O) groups excluding carboxylic acids is 2. The topological polar surface area (TPSA) is 64.7 Å². The molecule has 0 aromatic rings. The first-order valence-electron chi connectivity index (χ1n) is 8.25. The number of nitrogens with zero attached hydrogens (tertiary/aromatic N) is 2. The number of rotatable bonds is 3. The Kier molecular flexibility index (Phi) is 5.69. The third kappa shape index (κ3) is 3.09. The van der Waals surface area contributed by atoms with Crippen molar-refractivity contribution in [3.8, 4) is 0 Å². The number of amides is 3. The Balaban J connectivity index is 0.00000176. The highest BCUT2D eigenvalue weighted by atomic mass is 35.5. The summed E-state index contributed by atoms with van der Waals surface area (Å²) in [5, 5.41) is 6.30. The maximum Gasteiger partial charge on any atom is 0.325 e. The van der Waals surface area contributed by atoms with Crippen LogP contribution in [0.25, 0.3) is 0 Å². The SMILES string of the molecule is CCCN1CCC2(CC1)NC(=O)N(C1CCCNC1)C2=O.Cl. The zero-order valence-electron chi connectivity index (χ0n) is 13.3. The number of urea groups is 1. The fourth-order valence-electron chi connectivity index (χ4n) is 3.84. The van der Waals surface area contributed by atoms with Crippen molar-refractivity contribution in [1.82, 2.24) is 20.4 Å². The van der Waals surface area contributed by atoms with Gasteiger partial charge in [-0.25, -0.2) is 4.79 Å². The largest absolute Gasteiger partial charge is 0.325 e. The molecule has 0 saturated carbocycles. The number of likely N-dealkylation sites (tertiary alicyclic amines) is 1. The molecule has 0 bridgehead atoms. The highest BCUT2D eigenvalue weighted by molar-refractivity contribution is 6.07. The van der Waals surface area contributed by atoms with Crippen LogP contribution in [0.4, 0.5) is 4.79 Å². The van der Waals surface area contributed by atoms with Gasteiger partial charge in [0.25, 0.3) is 5.91 Å². The normalized spacial score (nSPS) is 28.6. The molecule has 0 aromatic heterocycles. The van der Waals surface area contributed by atoms with Gasteiger partial charge in [0, 0.05) is 19.6 Å². The van der Waals surface area contributed by atoms with E-state index in [-0.39, 0.29) is 30.4 Å². The van der Waals surface area contributed by atoms with Crippen LogP contribution < -0.4 is 10.6 Å². The van der Waals surface area contributed by atoms with Gasteiger partial charge in [-0.15, -0.1) is 12.4 Å². The van der Waals surface area contributed by atoms with Gasteiger partial charge in [0.15, 0.2) is 0 Å². The molecule has 3 rings (SSSR count). The van der Waals surface area contributed by atoms with E-state index in [0.29, 0.717) is 0 Å². The highest BCUT2D eigenvalue weighted by Crippen LogP contribution is 2.31. The van der Waals surface area contributed by atoms with Crippen LogP contribution in [0.5, 0.6) is 0 Å². The number of hydrogen-bond donors (Lipinski definition) is 2. The van der Waals surface area contributed by atoms with Crippen LogP contribution in [0.1, 0.15) is 39.0 Å². The molecule has 1 atom stereocenters. The fourth-order valence-corrected chi connectivity index (χ4v) is 3.84. The zero-order chi connectivity index (χ0) is 14.9. The molecule has 0 aliphatic carbocycles. The highest BCUT2D eigenvalue weighted by Gasteiger charge is 2.53. The number of halogens is 1. The molecule has 3 heterocycles. The first-order valence-corrected chi connectivity index (χ1v) is 8.25. The van der Waals surface area contributed by atoms with E-state index in [1.807, 2.05) is 0 Å². The van der Waals surface area contributed by atoms with E-state index in [1.54, 1.807) is 0 Å². The van der Waals surface area contributed by atoms with Gasteiger partial charge in [0.2, 0.25) is 0 Å². The van der Waals surface area contributed by atoms with Gasteiger partial charge in [-0.3, -0.25) is 9.69 Å². The monoisotopic (exact) mass is 330 g/mol. The van der Waals surface area contributed by atoms with Crippen molar-refractivity contribution in [2.45, 2.75) is 50.6 Å². The first-order chi connectivity index (χ1) is 10.2. The lowest BCUT2D eigenvalue weighted by Crippen LogP contribution is -2.56. The van der Waals surface area contributed by atoms with Gasteiger partial charge in [-0.05, 0) is 45.2 Å². The molecule has 3 saturated heterocycles. The summed E-state index contributed by atoms with van der Waals surface area (Å²) < 4.78 is 0. The van der Waals surface area contributed by atoms with Crippen LogP contribution in [0, 0.1) is 0 Å². The molecule has 6 nitrogen and oxygen atoms in total. The number of carbonyl (C=O) groups is 2. The molecule has 3 amide bonds. The van der Waals surface area contributed by atoms with Gasteiger partial charge in [-0.2, -0.15) is 0 Å². The molecule has 3 aliphatic heterocycles. The summed E-state index contributed by atoms with van der Waals surface area (Å²) in [6.07, 6.45) is 4.57. The Labute approximate surface area is 138 Å². The summed E-state index contributed by atoms with van der Waals surface area (Å²) in [6.45, 7) is 6.76. The molecule has 3 aliphatic rings. The van der Waals surface area contributed by atoms with Gasteiger partial charge in [0.1, 0.15) is 5.54 Å². The summed E-state index contributed by atoms with van der Waals surface area (Å²) >= 11 is 0. The second-order valence-electron chi connectivity index (χ2n) is 6.53. The Morgan fingerprint density at radius 2 is 2.00 bits per heavy atom. The quantitative estimate of drug-likeness (QED) is 0.756. The molecule has 0 aromatic carbocycles. The maximum atomic E-state index is 12.9. The Morgan fingerprint density at radius 1 is 1.27 bits per heavy atom. The molecular weight excluding hydrogens is 304 g/mol. The van der Waals surface area contributed by atoms with E-state index in [4.69, 9.17) is 0 Å². The van der Waals surface area contributed by atoms with E-state index in [2.05, 4.69) is 22.5 Å². The van der Waals surface area contributed by atoms with Crippen molar-refractivity contribution in [1.29, 1.82) is 0 Å². The number of nitrogens with one attached hydrogen (secondary N) is 2. The Morgan fingerprint density at radius 3 is 2.59 bits per heavy atom. The molecule has 2 N–H and O–H groups in total. The molecule has 3 fully saturated rings. The number of hydrogen-bond acceptors (Lipinski definition) is 4. The van der Waals surface area contributed by atoms with Crippen molar-refractivity contribution in [2.75, 3.05) is 32.7 Å². The predicted molar refractivity (Wildman–Crippen MR) is 87.2 cm³/mol. The molecule has 126 valence electrons. The Bertz CT molecular complexity index is 418. The third-order valence-corrected chi connectivity index (χ3v) is 5.08. The smallest absolute Gasteiger partial charge is 0.323 e. The third-order valence-electron chi connectivity index (χ3n) is 5.08. The Hall–Kier alpha value is -0.850. The second kappa shape index (κ2) is 7.15. The van der Waals surface area contributed by atoms with Crippen molar-refractivity contribution >= 4 is 24.3 Å². The average molecular weight is 331 g/mol. The summed E-state index contributed by atoms with van der Waals surface area (Å²) in [5.74, 6) is 0.0114. The van der Waals surface area contributed by atoms with Crippen LogP contribution >= 0.6 is 12.4 Å². The molecular formula is C15H27ClN4O2. The summed E-state index contributed by atoms with van der Waals surface area (Å²) in [5.41, 5.74) is -0.626. The van der Waals surface area contributed by atoms with Gasteiger partial charge in [0.05, 0.1) is 6.04 Å². The van der Waals surface area contributed by atoms with Crippen LogP contribution in [-0.4, -0.2) is 66.0 Å². The minimum Gasteiger partial charge on any atom is -0.323 e. The molecule has 0 radical (unpaired) electrons. The van der Waals surface area contributed by atoms with E-state index < -0.39 is 5.54 Å². The van der Waals surface area contributed by atoms with Gasteiger partial charge in [-0.1, -0.05) is 6.92 Å². The average Bonchev–Trinajstić information content (AvgIpc) is 2.74. The lowest BCUT2D eigenvalue weighted by molar-refractivity contribution is -0.134. The first kappa shape index (κ1) is 17.5. The van der Waals surface area contributed by atoms with Crippen LogP contribution in [0.15, 0.2) is 0 Å². The number of imide groups is 1. The van der Waals surface area contributed by atoms with E-state index >= 15 is 0 Å². The molecule has 1 spiro atoms. The van der Waals surface area contributed by atoms with Crippen molar-refractivity contribution in [3.05, 3.63) is 0 Å². The molecule has 7 heteroatoms. The molecule has 22 heavy (non-hydrogen) atoms. The standard InChI is InChI=1S/C15H26N4O2.ClH/c1-2-8-18-9-5-15(6-10-18)13(20)19(14(21)17-15)12-4-3-7-16-11-12;/h12,16H,2-11H2,1H3,(H,17,21);1H. The predicted octanol–water partition coefficient (Wildman–Crippen LogP) is 0.957. The fraction of sp³-hybridized carbons (Fsp3) is 0.867. The van der Waals surface area contributed by atoms with E-state index in [1.165, 1.54) is 4.90 Å². The van der Waals surface area contributed by atoms with Gasteiger partial charge < -0.3 is 15.5 Å². The molecule has 1 unspecified atom stereocenters. The van der Waals surface area contributed by atoms with Crippen LogP contribution in [-0.2, 0) is 4.79 Å². The minimum atomic E-state index is -0.626. The van der Waals surface area contributed by atoms with Crippen LogP contribution in [0.2, 0.25) is 0 Å². The zero-order valence-corrected chi connectivity index (χ0v) is 14.1. The summed E-state index contributed by atoms with van der Waals surface area (Å²) in [7, 11) is 0. The van der Waals surface area contributed by atoms with E-state index in [9.17, 15) is 9.59 Å². The minimum absolute atomic E-state index is 0. The second-order valence-corrected chi connectivity index (χ2v) is 6.53. The summed E-state index contributed by atoms with van der Waals surface area (Å²) in [6, 6.07) is -0.156.